The molecule has 0 bridgehead atoms. The van der Waals surface area contributed by atoms with Crippen LogP contribution in [-0.2, 0) is 0 Å². The third kappa shape index (κ3) is 4.17. The van der Waals surface area contributed by atoms with Crippen molar-refractivity contribution in [2.45, 2.75) is 0 Å². The smallest absolute Gasteiger partial charge is 0.276 e. The van der Waals surface area contributed by atoms with Gasteiger partial charge in [0, 0.05) is 47.9 Å². The molecule has 2 heterocycles. The lowest BCUT2D eigenvalue weighted by Crippen LogP contribution is -2.50. The first-order valence-electron chi connectivity index (χ1n) is 9.18. The van der Waals surface area contributed by atoms with Gasteiger partial charge in [-0.1, -0.05) is 40.5 Å². The number of carbonyl (C=O) groups excluding carboxylic acids is 2. The van der Waals surface area contributed by atoms with Crippen molar-refractivity contribution >= 4 is 35.0 Å². The fourth-order valence-electron chi connectivity index (χ4n) is 3.30. The second-order valence-electron chi connectivity index (χ2n) is 6.80. The average Bonchev–Trinajstić information content (AvgIpc) is 3.22. The minimum atomic E-state index is -0.458. The van der Waals surface area contributed by atoms with Crippen LogP contribution in [-0.4, -0.2) is 52.9 Å². The van der Waals surface area contributed by atoms with Crippen LogP contribution in [0.25, 0.3) is 11.3 Å². The van der Waals surface area contributed by atoms with E-state index in [1.54, 1.807) is 46.2 Å². The Kier molecular flexibility index (Phi) is 5.74. The van der Waals surface area contributed by atoms with Gasteiger partial charge in [-0.2, -0.15) is 0 Å². The van der Waals surface area contributed by atoms with Crippen LogP contribution in [0.5, 0.6) is 0 Å². The van der Waals surface area contributed by atoms with E-state index in [0.29, 0.717) is 41.8 Å². The molecule has 0 atom stereocenters. The van der Waals surface area contributed by atoms with Crippen LogP contribution < -0.4 is 0 Å². The summed E-state index contributed by atoms with van der Waals surface area (Å²) in [6.45, 7) is 1.38. The van der Waals surface area contributed by atoms with Crippen LogP contribution in [0.3, 0.4) is 0 Å². The number of amides is 2. The molecular formula is C21H16Cl2FN3O3. The molecule has 0 radical (unpaired) electrons. The van der Waals surface area contributed by atoms with E-state index in [1.165, 1.54) is 12.1 Å². The van der Waals surface area contributed by atoms with E-state index in [2.05, 4.69) is 5.16 Å². The molecule has 2 aromatic carbocycles. The van der Waals surface area contributed by atoms with E-state index in [9.17, 15) is 14.0 Å². The summed E-state index contributed by atoms with van der Waals surface area (Å²) in [6, 6.07) is 12.2. The summed E-state index contributed by atoms with van der Waals surface area (Å²) < 4.78 is 19.1. The zero-order valence-electron chi connectivity index (χ0n) is 15.6. The van der Waals surface area contributed by atoms with Gasteiger partial charge in [0.05, 0.1) is 5.56 Å². The Hall–Kier alpha value is -2.90. The molecule has 0 aliphatic carbocycles. The highest BCUT2D eigenvalue weighted by molar-refractivity contribution is 6.35. The standard InChI is InChI=1S/C21H16Cl2FN3O3/c22-14-9-13(10-15(23)11-14)20(28)26-5-7-27(8-6-26)21(29)18-12-19(30-25-18)16-3-1-2-4-17(16)24/h1-4,9-12H,5-8H2. The van der Waals surface area contributed by atoms with Gasteiger partial charge in [0.15, 0.2) is 11.5 Å². The quantitative estimate of drug-likeness (QED) is 0.597. The van der Waals surface area contributed by atoms with E-state index in [1.807, 2.05) is 0 Å². The first-order chi connectivity index (χ1) is 14.4. The van der Waals surface area contributed by atoms with Crippen LogP contribution in [0.1, 0.15) is 20.8 Å². The lowest BCUT2D eigenvalue weighted by atomic mass is 10.1. The largest absolute Gasteiger partial charge is 0.355 e. The molecule has 30 heavy (non-hydrogen) atoms. The number of carbonyl (C=O) groups is 2. The van der Waals surface area contributed by atoms with Crippen LogP contribution >= 0.6 is 23.2 Å². The van der Waals surface area contributed by atoms with Crippen molar-refractivity contribution in [3.05, 3.63) is 75.7 Å². The number of benzene rings is 2. The van der Waals surface area contributed by atoms with E-state index in [-0.39, 0.29) is 28.8 Å². The number of nitrogens with zero attached hydrogens (tertiary/aromatic N) is 3. The summed E-state index contributed by atoms with van der Waals surface area (Å²) in [5.41, 5.74) is 0.729. The molecule has 154 valence electrons. The first-order valence-corrected chi connectivity index (χ1v) is 9.94. The Bertz CT molecular complexity index is 1090. The Labute approximate surface area is 181 Å². The fourth-order valence-corrected chi connectivity index (χ4v) is 3.82. The maximum Gasteiger partial charge on any atom is 0.276 e. The zero-order chi connectivity index (χ0) is 21.3. The lowest BCUT2D eigenvalue weighted by Gasteiger charge is -2.34. The van der Waals surface area contributed by atoms with Crippen LogP contribution in [0.4, 0.5) is 4.39 Å². The van der Waals surface area contributed by atoms with Crippen molar-refractivity contribution in [2.24, 2.45) is 0 Å². The van der Waals surface area contributed by atoms with Gasteiger partial charge in [-0.3, -0.25) is 9.59 Å². The summed E-state index contributed by atoms with van der Waals surface area (Å²) >= 11 is 11.9. The highest BCUT2D eigenvalue weighted by atomic mass is 35.5. The summed E-state index contributed by atoms with van der Waals surface area (Å²) in [6.07, 6.45) is 0. The number of halogens is 3. The van der Waals surface area contributed by atoms with Crippen molar-refractivity contribution in [1.29, 1.82) is 0 Å². The minimum Gasteiger partial charge on any atom is -0.355 e. The van der Waals surface area contributed by atoms with Crippen molar-refractivity contribution < 1.29 is 18.5 Å². The normalized spacial score (nSPS) is 14.1. The molecule has 0 saturated carbocycles. The van der Waals surface area contributed by atoms with Gasteiger partial charge in [-0.15, -0.1) is 0 Å². The Morgan fingerprint density at radius 2 is 1.50 bits per heavy atom. The van der Waals surface area contributed by atoms with E-state index in [0.717, 1.165) is 0 Å². The SMILES string of the molecule is O=C(c1cc(Cl)cc(Cl)c1)N1CCN(C(=O)c2cc(-c3ccccc3F)on2)CC1. The third-order valence-corrected chi connectivity index (χ3v) is 5.27. The number of rotatable bonds is 3. The second kappa shape index (κ2) is 8.45. The predicted octanol–water partition coefficient (Wildman–Crippen LogP) is 4.39. The Morgan fingerprint density at radius 1 is 0.900 bits per heavy atom. The second-order valence-corrected chi connectivity index (χ2v) is 7.67. The summed E-state index contributed by atoms with van der Waals surface area (Å²) in [5.74, 6) is -0.807. The van der Waals surface area contributed by atoms with Gasteiger partial charge in [-0.25, -0.2) is 4.39 Å². The number of aromatic nitrogens is 1. The van der Waals surface area contributed by atoms with Crippen LogP contribution in [0.2, 0.25) is 10.0 Å². The Balaban J connectivity index is 1.41. The summed E-state index contributed by atoms with van der Waals surface area (Å²) in [5, 5.41) is 4.56. The number of piperazine rings is 1. The molecule has 6 nitrogen and oxygen atoms in total. The summed E-state index contributed by atoms with van der Waals surface area (Å²) in [4.78, 5) is 28.6. The average molecular weight is 448 g/mol. The van der Waals surface area contributed by atoms with Crippen molar-refractivity contribution in [2.75, 3.05) is 26.2 Å². The van der Waals surface area contributed by atoms with Gasteiger partial charge in [0.25, 0.3) is 11.8 Å². The molecule has 0 spiro atoms. The lowest BCUT2D eigenvalue weighted by molar-refractivity contribution is 0.0530. The number of hydrogen-bond acceptors (Lipinski definition) is 4. The molecule has 0 N–H and O–H groups in total. The predicted molar refractivity (Wildman–Crippen MR) is 110 cm³/mol. The molecule has 1 fully saturated rings. The van der Waals surface area contributed by atoms with E-state index in [4.69, 9.17) is 27.7 Å². The molecular weight excluding hydrogens is 432 g/mol. The molecule has 1 aliphatic heterocycles. The monoisotopic (exact) mass is 447 g/mol. The minimum absolute atomic E-state index is 0.0923. The van der Waals surface area contributed by atoms with Gasteiger partial charge in [0.2, 0.25) is 0 Å². The maximum atomic E-state index is 13.9. The van der Waals surface area contributed by atoms with Crippen LogP contribution in [0, 0.1) is 5.82 Å². The van der Waals surface area contributed by atoms with Gasteiger partial charge >= 0.3 is 0 Å². The molecule has 1 aliphatic rings. The highest BCUT2D eigenvalue weighted by Crippen LogP contribution is 2.24. The molecule has 9 heteroatoms. The molecule has 1 aromatic heterocycles. The fraction of sp³-hybridized carbons (Fsp3) is 0.190. The van der Waals surface area contributed by atoms with Gasteiger partial charge in [0.1, 0.15) is 5.82 Å². The molecule has 0 unspecified atom stereocenters. The molecule has 3 aromatic rings. The van der Waals surface area contributed by atoms with Crippen molar-refractivity contribution in [3.63, 3.8) is 0 Å². The van der Waals surface area contributed by atoms with Crippen molar-refractivity contribution in [3.8, 4) is 11.3 Å². The van der Waals surface area contributed by atoms with E-state index < -0.39 is 5.82 Å². The molecule has 4 rings (SSSR count). The Morgan fingerprint density at radius 3 is 2.13 bits per heavy atom. The number of hydrogen-bond donors (Lipinski definition) is 0. The van der Waals surface area contributed by atoms with Crippen molar-refractivity contribution in [1.82, 2.24) is 15.0 Å². The molecule has 2 amide bonds. The zero-order valence-corrected chi connectivity index (χ0v) is 17.2. The van der Waals surface area contributed by atoms with E-state index >= 15 is 0 Å². The summed E-state index contributed by atoms with van der Waals surface area (Å²) in [7, 11) is 0. The highest BCUT2D eigenvalue weighted by Gasteiger charge is 2.27. The maximum absolute atomic E-state index is 13.9. The molecule has 1 saturated heterocycles. The van der Waals surface area contributed by atoms with Crippen LogP contribution in [0.15, 0.2) is 53.1 Å². The van der Waals surface area contributed by atoms with Gasteiger partial charge in [-0.05, 0) is 30.3 Å². The third-order valence-electron chi connectivity index (χ3n) is 4.83. The topological polar surface area (TPSA) is 66.7 Å². The first kappa shape index (κ1) is 20.4. The van der Waals surface area contributed by atoms with Gasteiger partial charge < -0.3 is 14.3 Å².